The summed E-state index contributed by atoms with van der Waals surface area (Å²) in [4.78, 5) is 8.75. The van der Waals surface area contributed by atoms with E-state index in [1.54, 1.807) is 12.4 Å². The highest BCUT2D eigenvalue weighted by atomic mass is 14.7. The molecule has 0 aliphatic heterocycles. The molecular weight excluding hydrogens is 196 g/mol. The normalized spacial score (nSPS) is 10.4. The van der Waals surface area contributed by atoms with Crippen molar-refractivity contribution in [3.8, 4) is 0 Å². The minimum Gasteiger partial charge on any atom is -0.260 e. The summed E-state index contributed by atoms with van der Waals surface area (Å²) in [5, 5.41) is 0. The Kier molecular flexibility index (Phi) is 3.10. The molecule has 0 spiro atoms. The molecule has 0 aliphatic rings. The van der Waals surface area contributed by atoms with Gasteiger partial charge in [0.15, 0.2) is 0 Å². The van der Waals surface area contributed by atoms with Crippen LogP contribution in [-0.2, 0) is 0 Å². The minimum absolute atomic E-state index is 0.0856. The second-order valence-electron chi connectivity index (χ2n) is 3.79. The lowest BCUT2D eigenvalue weighted by atomic mass is 9.93. The molecule has 0 saturated carbocycles. The van der Waals surface area contributed by atoms with E-state index in [1.807, 2.05) is 43.3 Å². The molecule has 0 N–H and O–H groups in total. The summed E-state index contributed by atoms with van der Waals surface area (Å²) in [7, 11) is 0. The van der Waals surface area contributed by atoms with E-state index in [0.717, 1.165) is 17.0 Å². The average Bonchev–Trinajstić information content (AvgIpc) is 2.31. The highest BCUT2D eigenvalue weighted by Gasteiger charge is 2.16. The highest BCUT2D eigenvalue weighted by Crippen LogP contribution is 2.27. The summed E-state index contributed by atoms with van der Waals surface area (Å²) < 4.78 is 0. The molecule has 0 aliphatic carbocycles. The maximum Gasteiger partial charge on any atom is 0.0640 e. The van der Waals surface area contributed by atoms with Gasteiger partial charge in [0.1, 0.15) is 0 Å². The van der Waals surface area contributed by atoms with Gasteiger partial charge in [0.2, 0.25) is 0 Å². The first-order chi connectivity index (χ1) is 7.79. The van der Waals surface area contributed by atoms with E-state index in [9.17, 15) is 0 Å². The smallest absolute Gasteiger partial charge is 0.0640 e. The maximum atomic E-state index is 4.38. The van der Waals surface area contributed by atoms with Crippen molar-refractivity contribution in [3.05, 3.63) is 72.3 Å². The Bertz CT molecular complexity index is 423. The van der Waals surface area contributed by atoms with Crippen LogP contribution in [0.2, 0.25) is 0 Å². The lowest BCUT2D eigenvalue weighted by Gasteiger charge is -2.15. The summed E-state index contributed by atoms with van der Waals surface area (Å²) in [6, 6.07) is 11.8. The molecule has 2 aromatic rings. The molecule has 0 fully saturated rings. The van der Waals surface area contributed by atoms with E-state index >= 15 is 0 Å². The Morgan fingerprint density at radius 3 is 1.81 bits per heavy atom. The number of aromatic nitrogens is 2. The third-order valence-electron chi connectivity index (χ3n) is 2.46. The quantitative estimate of drug-likeness (QED) is 0.727. The summed E-state index contributed by atoms with van der Waals surface area (Å²) in [6.07, 6.45) is 3.60. The summed E-state index contributed by atoms with van der Waals surface area (Å²) in [5.41, 5.74) is 3.04. The van der Waals surface area contributed by atoms with E-state index < -0.39 is 0 Å². The van der Waals surface area contributed by atoms with Crippen molar-refractivity contribution in [2.24, 2.45) is 0 Å². The fourth-order valence-corrected chi connectivity index (χ4v) is 1.75. The topological polar surface area (TPSA) is 25.8 Å². The number of rotatable bonds is 3. The van der Waals surface area contributed by atoms with Crippen LogP contribution in [0.15, 0.2) is 60.9 Å². The van der Waals surface area contributed by atoms with Crippen molar-refractivity contribution in [3.63, 3.8) is 0 Å². The number of pyridine rings is 2. The maximum absolute atomic E-state index is 4.38. The molecule has 0 bridgehead atoms. The Labute approximate surface area is 95.7 Å². The molecule has 16 heavy (non-hydrogen) atoms. The number of hydrogen-bond donors (Lipinski definition) is 0. The molecule has 0 saturated heterocycles. The van der Waals surface area contributed by atoms with E-state index in [-0.39, 0.29) is 5.92 Å². The van der Waals surface area contributed by atoms with Crippen LogP contribution in [0.4, 0.5) is 0 Å². The predicted octanol–water partition coefficient (Wildman–Crippen LogP) is 3.18. The zero-order valence-electron chi connectivity index (χ0n) is 9.30. The molecule has 2 nitrogen and oxygen atoms in total. The molecule has 2 heterocycles. The van der Waals surface area contributed by atoms with Crippen LogP contribution in [0.3, 0.4) is 0 Å². The fourth-order valence-electron chi connectivity index (χ4n) is 1.75. The molecule has 2 heteroatoms. The number of nitrogens with zero attached hydrogens (tertiary/aromatic N) is 2. The zero-order chi connectivity index (χ0) is 11.4. The molecule has 0 atom stereocenters. The van der Waals surface area contributed by atoms with Crippen molar-refractivity contribution >= 4 is 0 Å². The third kappa shape index (κ3) is 2.16. The molecule has 80 valence electrons. The van der Waals surface area contributed by atoms with Crippen LogP contribution >= 0.6 is 0 Å². The van der Waals surface area contributed by atoms with Gasteiger partial charge in [-0.05, 0) is 31.2 Å². The van der Waals surface area contributed by atoms with Crippen LogP contribution in [0, 0.1) is 0 Å². The van der Waals surface area contributed by atoms with Gasteiger partial charge in [-0.2, -0.15) is 0 Å². The summed E-state index contributed by atoms with van der Waals surface area (Å²) in [5.74, 6) is 0.0856. The molecular formula is C14H14N2. The second-order valence-corrected chi connectivity index (χ2v) is 3.79. The van der Waals surface area contributed by atoms with Gasteiger partial charge >= 0.3 is 0 Å². The zero-order valence-corrected chi connectivity index (χ0v) is 9.30. The fraction of sp³-hybridized carbons (Fsp3) is 0.143. The summed E-state index contributed by atoms with van der Waals surface area (Å²) in [6.45, 7) is 6.04. The van der Waals surface area contributed by atoms with Gasteiger partial charge in [-0.25, -0.2) is 0 Å². The van der Waals surface area contributed by atoms with Crippen LogP contribution in [0.25, 0.3) is 0 Å². The van der Waals surface area contributed by atoms with Crippen LogP contribution in [-0.4, -0.2) is 9.97 Å². The Morgan fingerprint density at radius 1 is 1.00 bits per heavy atom. The standard InChI is InChI=1S/C14H14N2/c1-11(2)14(12-7-3-5-9-15-12)13-8-4-6-10-16-13/h3-10,14H,1H2,2H3. The third-order valence-corrected chi connectivity index (χ3v) is 2.46. The summed E-state index contributed by atoms with van der Waals surface area (Å²) >= 11 is 0. The largest absolute Gasteiger partial charge is 0.260 e. The number of allylic oxidation sites excluding steroid dienone is 1. The van der Waals surface area contributed by atoms with Crippen molar-refractivity contribution in [2.45, 2.75) is 12.8 Å². The molecule has 0 amide bonds. The highest BCUT2D eigenvalue weighted by molar-refractivity contribution is 5.31. The van der Waals surface area contributed by atoms with Gasteiger partial charge in [0.05, 0.1) is 17.3 Å². The van der Waals surface area contributed by atoms with Crippen molar-refractivity contribution in [1.29, 1.82) is 0 Å². The number of hydrogen-bond acceptors (Lipinski definition) is 2. The Balaban J connectivity index is 2.44. The van der Waals surface area contributed by atoms with Gasteiger partial charge in [-0.3, -0.25) is 9.97 Å². The molecule has 0 aromatic carbocycles. The second kappa shape index (κ2) is 4.71. The first-order valence-corrected chi connectivity index (χ1v) is 5.26. The van der Waals surface area contributed by atoms with Crippen molar-refractivity contribution in [1.82, 2.24) is 9.97 Å². The van der Waals surface area contributed by atoms with Gasteiger partial charge in [0.25, 0.3) is 0 Å². The molecule has 0 radical (unpaired) electrons. The molecule has 0 unspecified atom stereocenters. The van der Waals surface area contributed by atoms with E-state index in [0.29, 0.717) is 0 Å². The van der Waals surface area contributed by atoms with Crippen LogP contribution in [0.1, 0.15) is 24.2 Å². The van der Waals surface area contributed by atoms with E-state index in [2.05, 4.69) is 16.5 Å². The van der Waals surface area contributed by atoms with Crippen molar-refractivity contribution < 1.29 is 0 Å². The predicted molar refractivity (Wildman–Crippen MR) is 65.1 cm³/mol. The SMILES string of the molecule is C=C(C)C(c1ccccn1)c1ccccn1. The minimum atomic E-state index is 0.0856. The molecule has 2 aromatic heterocycles. The van der Waals surface area contributed by atoms with Crippen LogP contribution < -0.4 is 0 Å². The molecule has 2 rings (SSSR count). The Morgan fingerprint density at radius 2 is 1.50 bits per heavy atom. The average molecular weight is 210 g/mol. The van der Waals surface area contributed by atoms with Gasteiger partial charge in [-0.15, -0.1) is 0 Å². The van der Waals surface area contributed by atoms with Gasteiger partial charge in [-0.1, -0.05) is 24.3 Å². The van der Waals surface area contributed by atoms with Gasteiger partial charge < -0.3 is 0 Å². The van der Waals surface area contributed by atoms with Crippen LogP contribution in [0.5, 0.6) is 0 Å². The van der Waals surface area contributed by atoms with Gasteiger partial charge in [0, 0.05) is 12.4 Å². The lowest BCUT2D eigenvalue weighted by molar-refractivity contribution is 0.859. The Hall–Kier alpha value is -1.96. The van der Waals surface area contributed by atoms with E-state index in [1.165, 1.54) is 0 Å². The van der Waals surface area contributed by atoms with E-state index in [4.69, 9.17) is 0 Å². The monoisotopic (exact) mass is 210 g/mol. The van der Waals surface area contributed by atoms with Crippen molar-refractivity contribution in [2.75, 3.05) is 0 Å². The lowest BCUT2D eigenvalue weighted by Crippen LogP contribution is -2.05. The first-order valence-electron chi connectivity index (χ1n) is 5.26. The first kappa shape index (κ1) is 10.6.